The average molecular weight is 497 g/mol. The minimum atomic E-state index is -1.12. The van der Waals surface area contributed by atoms with Crippen LogP contribution >= 0.6 is 0 Å². The van der Waals surface area contributed by atoms with Crippen LogP contribution in [0.1, 0.15) is 71.3 Å². The molecule has 0 heterocycles. The molecule has 7 nitrogen and oxygen atoms in total. The normalized spacial score (nSPS) is 11.1. The van der Waals surface area contributed by atoms with Crippen molar-refractivity contribution < 1.29 is 24.2 Å². The lowest BCUT2D eigenvalue weighted by atomic mass is 10.0. The third kappa shape index (κ3) is 10.0. The SMILES string of the molecule is CCCCCCCNC(=O)Nc1cccc(-c2ccc(C=C(OCC)C(=O)O)cc2OCCCC)c1. The van der Waals surface area contributed by atoms with E-state index in [9.17, 15) is 14.7 Å². The fourth-order valence-corrected chi connectivity index (χ4v) is 3.66. The van der Waals surface area contributed by atoms with E-state index in [1.165, 1.54) is 25.3 Å². The highest BCUT2D eigenvalue weighted by Crippen LogP contribution is 2.33. The number of benzene rings is 2. The Balaban J connectivity index is 2.18. The van der Waals surface area contributed by atoms with Gasteiger partial charge in [0.1, 0.15) is 5.75 Å². The van der Waals surface area contributed by atoms with E-state index < -0.39 is 5.97 Å². The number of hydrogen-bond acceptors (Lipinski definition) is 4. The highest BCUT2D eigenvalue weighted by atomic mass is 16.5. The Hall–Kier alpha value is -3.48. The van der Waals surface area contributed by atoms with E-state index in [1.54, 1.807) is 6.92 Å². The van der Waals surface area contributed by atoms with Crippen molar-refractivity contribution in [1.82, 2.24) is 5.32 Å². The lowest BCUT2D eigenvalue weighted by molar-refractivity contribution is -0.136. The number of anilines is 1. The van der Waals surface area contributed by atoms with Crippen molar-refractivity contribution in [3.8, 4) is 16.9 Å². The van der Waals surface area contributed by atoms with Gasteiger partial charge in [-0.3, -0.25) is 0 Å². The molecule has 0 fully saturated rings. The molecular weight excluding hydrogens is 456 g/mol. The highest BCUT2D eigenvalue weighted by Gasteiger charge is 2.12. The number of unbranched alkanes of at least 4 members (excludes halogenated alkanes) is 5. The van der Waals surface area contributed by atoms with Gasteiger partial charge in [0.15, 0.2) is 0 Å². The number of carbonyl (C=O) groups is 2. The highest BCUT2D eigenvalue weighted by molar-refractivity contribution is 5.91. The van der Waals surface area contributed by atoms with Gasteiger partial charge in [-0.25, -0.2) is 9.59 Å². The molecule has 0 aliphatic rings. The molecule has 2 amide bonds. The first-order valence-corrected chi connectivity index (χ1v) is 13.0. The molecule has 196 valence electrons. The molecule has 0 radical (unpaired) electrons. The molecule has 2 aromatic carbocycles. The van der Waals surface area contributed by atoms with Crippen LogP contribution in [0.3, 0.4) is 0 Å². The van der Waals surface area contributed by atoms with Crippen molar-refractivity contribution in [3.63, 3.8) is 0 Å². The first-order valence-electron chi connectivity index (χ1n) is 13.0. The minimum Gasteiger partial charge on any atom is -0.493 e. The average Bonchev–Trinajstić information content (AvgIpc) is 2.86. The van der Waals surface area contributed by atoms with Crippen LogP contribution in [0, 0.1) is 0 Å². The van der Waals surface area contributed by atoms with Gasteiger partial charge in [0, 0.05) is 17.8 Å². The van der Waals surface area contributed by atoms with Crippen LogP contribution in [0.5, 0.6) is 5.75 Å². The minimum absolute atomic E-state index is 0.118. The predicted octanol–water partition coefficient (Wildman–Crippen LogP) is 7.09. The van der Waals surface area contributed by atoms with Gasteiger partial charge in [0.05, 0.1) is 13.2 Å². The fraction of sp³-hybridized carbons (Fsp3) is 0.448. The fourth-order valence-electron chi connectivity index (χ4n) is 3.66. The maximum absolute atomic E-state index is 12.3. The van der Waals surface area contributed by atoms with Crippen molar-refractivity contribution in [2.75, 3.05) is 25.1 Å². The van der Waals surface area contributed by atoms with Gasteiger partial charge in [0.25, 0.3) is 0 Å². The standard InChI is InChI=1S/C29H40N2O5/c1-4-7-9-10-11-17-30-29(34)31-24-14-12-13-23(21-24)25-16-15-22(19-26(25)36-18-8-5-2)20-27(28(32)33)35-6-3/h12-16,19-21H,4-11,17-18H2,1-3H3,(H,32,33)(H2,30,31,34). The lowest BCUT2D eigenvalue weighted by Gasteiger charge is -2.14. The van der Waals surface area contributed by atoms with Gasteiger partial charge >= 0.3 is 12.0 Å². The number of urea groups is 1. The van der Waals surface area contributed by atoms with Crippen molar-refractivity contribution in [3.05, 3.63) is 53.8 Å². The van der Waals surface area contributed by atoms with E-state index >= 15 is 0 Å². The Morgan fingerprint density at radius 3 is 2.44 bits per heavy atom. The Morgan fingerprint density at radius 2 is 1.72 bits per heavy atom. The van der Waals surface area contributed by atoms with E-state index in [1.807, 2.05) is 42.5 Å². The van der Waals surface area contributed by atoms with Gasteiger partial charge in [-0.1, -0.05) is 70.2 Å². The zero-order valence-corrected chi connectivity index (χ0v) is 21.8. The summed E-state index contributed by atoms with van der Waals surface area (Å²) >= 11 is 0. The molecule has 0 bridgehead atoms. The Morgan fingerprint density at radius 1 is 0.944 bits per heavy atom. The molecule has 0 atom stereocenters. The first-order chi connectivity index (χ1) is 17.5. The van der Waals surface area contributed by atoms with Crippen LogP contribution in [0.25, 0.3) is 17.2 Å². The van der Waals surface area contributed by atoms with Crippen molar-refractivity contribution in [2.24, 2.45) is 0 Å². The van der Waals surface area contributed by atoms with E-state index in [2.05, 4.69) is 24.5 Å². The summed E-state index contributed by atoms with van der Waals surface area (Å²) in [4.78, 5) is 23.8. The monoisotopic (exact) mass is 496 g/mol. The summed E-state index contributed by atoms with van der Waals surface area (Å²) in [6.07, 6.45) is 9.11. The number of carboxylic acids is 1. The largest absolute Gasteiger partial charge is 0.493 e. The van der Waals surface area contributed by atoms with E-state index in [-0.39, 0.29) is 18.4 Å². The molecule has 2 aromatic rings. The number of hydrogen-bond donors (Lipinski definition) is 3. The van der Waals surface area contributed by atoms with Crippen LogP contribution in [-0.4, -0.2) is 36.9 Å². The second-order valence-corrected chi connectivity index (χ2v) is 8.58. The summed E-state index contributed by atoms with van der Waals surface area (Å²) in [5, 5.41) is 15.2. The zero-order chi connectivity index (χ0) is 26.2. The van der Waals surface area contributed by atoms with Gasteiger partial charge in [0.2, 0.25) is 5.76 Å². The number of amides is 2. The van der Waals surface area contributed by atoms with Crippen LogP contribution in [0.2, 0.25) is 0 Å². The lowest BCUT2D eigenvalue weighted by Crippen LogP contribution is -2.29. The summed E-state index contributed by atoms with van der Waals surface area (Å²) in [6, 6.07) is 12.9. The van der Waals surface area contributed by atoms with Gasteiger partial charge in [-0.15, -0.1) is 0 Å². The molecule has 0 aliphatic heterocycles. The summed E-state index contributed by atoms with van der Waals surface area (Å²) in [7, 11) is 0. The number of ether oxygens (including phenoxy) is 2. The molecule has 0 spiro atoms. The van der Waals surface area contributed by atoms with Gasteiger partial charge in [-0.2, -0.15) is 0 Å². The summed E-state index contributed by atoms with van der Waals surface area (Å²) < 4.78 is 11.3. The Bertz CT molecular complexity index is 1000. The zero-order valence-electron chi connectivity index (χ0n) is 21.8. The summed E-state index contributed by atoms with van der Waals surface area (Å²) in [6.45, 7) is 7.49. The molecule has 7 heteroatoms. The molecule has 2 rings (SSSR count). The molecule has 36 heavy (non-hydrogen) atoms. The molecule has 0 aromatic heterocycles. The van der Waals surface area contributed by atoms with Crippen molar-refractivity contribution in [2.45, 2.75) is 65.7 Å². The molecule has 0 unspecified atom stereocenters. The quantitative estimate of drug-likeness (QED) is 0.131. The van der Waals surface area contributed by atoms with Crippen molar-refractivity contribution >= 4 is 23.8 Å². The maximum Gasteiger partial charge on any atom is 0.371 e. The number of nitrogens with one attached hydrogen (secondary N) is 2. The Kier molecular flexibility index (Phi) is 13.0. The van der Waals surface area contributed by atoms with Gasteiger partial charge in [-0.05, 0) is 55.2 Å². The van der Waals surface area contributed by atoms with Crippen molar-refractivity contribution in [1.29, 1.82) is 0 Å². The predicted molar refractivity (Wildman–Crippen MR) is 145 cm³/mol. The van der Waals surface area contributed by atoms with Crippen LogP contribution < -0.4 is 15.4 Å². The third-order valence-electron chi connectivity index (χ3n) is 5.57. The molecule has 0 aliphatic carbocycles. The number of carbonyl (C=O) groups excluding carboxylic acids is 1. The molecular formula is C29H40N2O5. The molecule has 0 saturated heterocycles. The Labute approximate surface area is 214 Å². The maximum atomic E-state index is 12.3. The number of carboxylic acid groups (broad SMARTS) is 1. The number of aliphatic carboxylic acids is 1. The van der Waals surface area contributed by atoms with E-state index in [0.717, 1.165) is 36.8 Å². The van der Waals surface area contributed by atoms with Gasteiger partial charge < -0.3 is 25.2 Å². The topological polar surface area (TPSA) is 96.9 Å². The van der Waals surface area contributed by atoms with E-state index in [4.69, 9.17) is 9.47 Å². The number of rotatable bonds is 16. The second kappa shape index (κ2) is 16.2. The summed E-state index contributed by atoms with van der Waals surface area (Å²) in [5.41, 5.74) is 3.10. The second-order valence-electron chi connectivity index (χ2n) is 8.58. The van der Waals surface area contributed by atoms with E-state index in [0.29, 0.717) is 30.2 Å². The molecule has 0 saturated carbocycles. The molecule has 3 N–H and O–H groups in total. The van der Waals surface area contributed by atoms with Crippen LogP contribution in [-0.2, 0) is 9.53 Å². The third-order valence-corrected chi connectivity index (χ3v) is 5.57. The smallest absolute Gasteiger partial charge is 0.371 e. The first kappa shape index (κ1) is 28.8. The summed E-state index contributed by atoms with van der Waals surface area (Å²) in [5.74, 6) is -0.591. The van der Waals surface area contributed by atoms with Crippen LogP contribution in [0.4, 0.5) is 10.5 Å². The van der Waals surface area contributed by atoms with Crippen LogP contribution in [0.15, 0.2) is 48.2 Å².